The van der Waals surface area contributed by atoms with E-state index < -0.39 is 0 Å². The SMILES string of the molecule is N=C(N)c1ccc(OCCCCNC(N)=NCCCCCCCN=C(N)N)nc1. The smallest absolute Gasteiger partial charge is 0.213 e. The Morgan fingerprint density at radius 1 is 0.931 bits per heavy atom. The number of amidine groups is 1. The molecule has 0 fully saturated rings. The van der Waals surface area contributed by atoms with Gasteiger partial charge in [-0.2, -0.15) is 0 Å². The predicted octanol–water partition coefficient (Wildman–Crippen LogP) is 0.653. The Labute approximate surface area is 172 Å². The number of hydrogen-bond acceptors (Lipinski definition) is 5. The number of guanidine groups is 2. The van der Waals surface area contributed by atoms with Gasteiger partial charge in [0.2, 0.25) is 5.88 Å². The van der Waals surface area contributed by atoms with Crippen LogP contribution < -0.4 is 33.0 Å². The second kappa shape index (κ2) is 14.9. The molecule has 1 rings (SSSR count). The van der Waals surface area contributed by atoms with Gasteiger partial charge in [-0.1, -0.05) is 19.3 Å². The molecule has 0 amide bonds. The number of unbranched alkanes of at least 4 members (excludes halogenated alkanes) is 5. The molecular weight excluding hydrogens is 370 g/mol. The average molecular weight is 406 g/mol. The lowest BCUT2D eigenvalue weighted by Crippen LogP contribution is -2.32. The van der Waals surface area contributed by atoms with Crippen molar-refractivity contribution in [3.8, 4) is 5.88 Å². The molecule has 0 saturated carbocycles. The fourth-order valence-electron chi connectivity index (χ4n) is 2.46. The largest absolute Gasteiger partial charge is 0.478 e. The zero-order valence-electron chi connectivity index (χ0n) is 17.1. The van der Waals surface area contributed by atoms with Gasteiger partial charge in [0, 0.05) is 37.5 Å². The first-order valence-corrected chi connectivity index (χ1v) is 10.0. The molecule has 0 aromatic carbocycles. The van der Waals surface area contributed by atoms with Crippen molar-refractivity contribution in [3.05, 3.63) is 23.9 Å². The minimum Gasteiger partial charge on any atom is -0.478 e. The fraction of sp³-hybridized carbons (Fsp3) is 0.579. The number of nitrogens with zero attached hydrogens (tertiary/aromatic N) is 3. The van der Waals surface area contributed by atoms with Crippen molar-refractivity contribution in [1.29, 1.82) is 5.41 Å². The lowest BCUT2D eigenvalue weighted by Gasteiger charge is -2.07. The van der Waals surface area contributed by atoms with E-state index in [-0.39, 0.29) is 11.8 Å². The summed E-state index contributed by atoms with van der Waals surface area (Å²) in [6.45, 7) is 2.75. The zero-order chi connectivity index (χ0) is 21.3. The normalized spacial score (nSPS) is 11.1. The van der Waals surface area contributed by atoms with E-state index in [1.165, 1.54) is 6.20 Å². The van der Waals surface area contributed by atoms with Crippen LogP contribution >= 0.6 is 0 Å². The van der Waals surface area contributed by atoms with Gasteiger partial charge in [0.1, 0.15) is 5.84 Å². The van der Waals surface area contributed by atoms with Crippen LogP contribution in [0.15, 0.2) is 28.3 Å². The highest BCUT2D eigenvalue weighted by atomic mass is 16.5. The molecule has 0 aliphatic heterocycles. The minimum absolute atomic E-state index is 0.00565. The second-order valence-electron chi connectivity index (χ2n) is 6.62. The highest BCUT2D eigenvalue weighted by Crippen LogP contribution is 2.07. The third kappa shape index (κ3) is 12.9. The van der Waals surface area contributed by atoms with E-state index in [1.807, 2.05) is 0 Å². The molecule has 10 N–H and O–H groups in total. The molecule has 1 aromatic rings. The summed E-state index contributed by atoms with van der Waals surface area (Å²) in [5.74, 6) is 1.17. The fourth-order valence-corrected chi connectivity index (χ4v) is 2.46. The Morgan fingerprint density at radius 3 is 2.24 bits per heavy atom. The van der Waals surface area contributed by atoms with E-state index in [9.17, 15) is 0 Å². The molecule has 1 heterocycles. The van der Waals surface area contributed by atoms with Crippen molar-refractivity contribution in [2.75, 3.05) is 26.2 Å². The van der Waals surface area contributed by atoms with Crippen molar-refractivity contribution in [1.82, 2.24) is 10.3 Å². The molecule has 0 atom stereocenters. The van der Waals surface area contributed by atoms with Gasteiger partial charge in [0.25, 0.3) is 0 Å². The minimum atomic E-state index is -0.00565. The number of ether oxygens (including phenoxy) is 1. The first-order chi connectivity index (χ1) is 14.0. The summed E-state index contributed by atoms with van der Waals surface area (Å²) in [6.07, 6.45) is 8.73. The van der Waals surface area contributed by atoms with Crippen LogP contribution in [0.25, 0.3) is 0 Å². The predicted molar refractivity (Wildman–Crippen MR) is 118 cm³/mol. The van der Waals surface area contributed by atoms with Gasteiger partial charge in [0.05, 0.1) is 6.61 Å². The highest BCUT2D eigenvalue weighted by Gasteiger charge is 1.99. The van der Waals surface area contributed by atoms with Crippen LogP contribution in [-0.4, -0.2) is 49.0 Å². The molecule has 0 bridgehead atoms. The number of aromatic nitrogens is 1. The molecular formula is C19H35N9O. The molecule has 0 radical (unpaired) electrons. The third-order valence-corrected chi connectivity index (χ3v) is 4.07. The van der Waals surface area contributed by atoms with Crippen molar-refractivity contribution >= 4 is 17.8 Å². The molecule has 10 heteroatoms. The number of rotatable bonds is 15. The first-order valence-electron chi connectivity index (χ1n) is 10.0. The lowest BCUT2D eigenvalue weighted by molar-refractivity contribution is 0.295. The van der Waals surface area contributed by atoms with Crippen LogP contribution in [0.5, 0.6) is 5.88 Å². The van der Waals surface area contributed by atoms with Crippen molar-refractivity contribution in [3.63, 3.8) is 0 Å². The first kappa shape index (κ1) is 24.0. The number of aliphatic imine (C=N–C) groups is 2. The summed E-state index contributed by atoms with van der Waals surface area (Å²) >= 11 is 0. The van der Waals surface area contributed by atoms with E-state index in [4.69, 9.17) is 33.1 Å². The molecule has 0 saturated heterocycles. The number of hydrogen-bond donors (Lipinski definition) is 6. The van der Waals surface area contributed by atoms with Crippen molar-refractivity contribution in [2.45, 2.75) is 44.9 Å². The van der Waals surface area contributed by atoms with E-state index in [2.05, 4.69) is 20.3 Å². The van der Waals surface area contributed by atoms with Gasteiger partial charge >= 0.3 is 0 Å². The molecule has 0 unspecified atom stereocenters. The molecule has 0 aliphatic carbocycles. The maximum Gasteiger partial charge on any atom is 0.213 e. The van der Waals surface area contributed by atoms with Gasteiger partial charge in [0.15, 0.2) is 11.9 Å². The molecule has 1 aromatic heterocycles. The molecule has 29 heavy (non-hydrogen) atoms. The number of nitrogens with two attached hydrogens (primary N) is 4. The Kier molecular flexibility index (Phi) is 12.4. The monoisotopic (exact) mass is 405 g/mol. The van der Waals surface area contributed by atoms with Crippen LogP contribution in [0.2, 0.25) is 0 Å². The van der Waals surface area contributed by atoms with Crippen LogP contribution in [0.1, 0.15) is 50.5 Å². The van der Waals surface area contributed by atoms with E-state index in [0.717, 1.165) is 58.0 Å². The Hall–Kier alpha value is -3.04. The van der Waals surface area contributed by atoms with Gasteiger partial charge in [-0.15, -0.1) is 0 Å². The van der Waals surface area contributed by atoms with Crippen LogP contribution in [0, 0.1) is 5.41 Å². The van der Waals surface area contributed by atoms with Crippen LogP contribution in [0.3, 0.4) is 0 Å². The Bertz CT molecular complexity index is 640. The lowest BCUT2D eigenvalue weighted by atomic mass is 10.1. The molecule has 10 nitrogen and oxygen atoms in total. The summed E-state index contributed by atoms with van der Waals surface area (Å²) in [7, 11) is 0. The summed E-state index contributed by atoms with van der Waals surface area (Å²) in [4.78, 5) is 12.4. The topological polar surface area (TPSA) is 187 Å². The summed E-state index contributed by atoms with van der Waals surface area (Å²) in [5, 5.41) is 10.4. The molecule has 0 spiro atoms. The van der Waals surface area contributed by atoms with Gasteiger partial charge in [-0.3, -0.25) is 15.4 Å². The average Bonchev–Trinajstić information content (AvgIpc) is 2.69. The van der Waals surface area contributed by atoms with E-state index >= 15 is 0 Å². The Morgan fingerprint density at radius 2 is 1.62 bits per heavy atom. The summed E-state index contributed by atoms with van der Waals surface area (Å²) < 4.78 is 5.56. The highest BCUT2D eigenvalue weighted by molar-refractivity contribution is 5.94. The number of pyridine rings is 1. The molecule has 162 valence electrons. The standard InChI is InChI=1S/C19H35N9O/c20-17(21)15-8-9-16(28-14-15)29-13-7-6-12-27-19(24)26-11-5-3-1-2-4-10-25-18(22)23/h8-9,14H,1-7,10-13H2,(H3,20,21)(H4,22,23,25)(H3,24,26,27). The maximum absolute atomic E-state index is 7.32. The summed E-state index contributed by atoms with van der Waals surface area (Å²) in [6, 6.07) is 3.43. The summed E-state index contributed by atoms with van der Waals surface area (Å²) in [5.41, 5.74) is 22.4. The zero-order valence-corrected chi connectivity index (χ0v) is 17.1. The molecule has 0 aliphatic rings. The Balaban J connectivity index is 1.97. The number of nitrogens with one attached hydrogen (secondary N) is 2. The van der Waals surface area contributed by atoms with E-state index in [0.29, 0.717) is 30.6 Å². The van der Waals surface area contributed by atoms with Gasteiger partial charge < -0.3 is 33.0 Å². The number of nitrogen functional groups attached to an aromatic ring is 1. The maximum atomic E-state index is 7.32. The van der Waals surface area contributed by atoms with Crippen molar-refractivity contribution in [2.24, 2.45) is 32.9 Å². The second-order valence-corrected chi connectivity index (χ2v) is 6.62. The van der Waals surface area contributed by atoms with Crippen LogP contribution in [-0.2, 0) is 0 Å². The quantitative estimate of drug-likeness (QED) is 0.140. The third-order valence-electron chi connectivity index (χ3n) is 4.07. The van der Waals surface area contributed by atoms with Gasteiger partial charge in [-0.25, -0.2) is 4.98 Å². The van der Waals surface area contributed by atoms with E-state index in [1.54, 1.807) is 12.1 Å². The van der Waals surface area contributed by atoms with Crippen LogP contribution in [0.4, 0.5) is 0 Å². The van der Waals surface area contributed by atoms with Crippen molar-refractivity contribution < 1.29 is 4.74 Å². The van der Waals surface area contributed by atoms with Gasteiger partial charge in [-0.05, 0) is 31.7 Å².